The van der Waals surface area contributed by atoms with E-state index in [0.29, 0.717) is 43.5 Å². The number of amides is 1. The van der Waals surface area contributed by atoms with Crippen molar-refractivity contribution in [3.8, 4) is 0 Å². The highest BCUT2D eigenvalue weighted by atomic mass is 19.1. The maximum atomic E-state index is 13.7. The Balaban J connectivity index is 1.37. The van der Waals surface area contributed by atoms with Gasteiger partial charge in [-0.25, -0.2) is 23.7 Å². The molecule has 4 rings (SSSR count). The fraction of sp³-hybridized carbons (Fsp3) is 0.200. The molecule has 2 aromatic heterocycles. The van der Waals surface area contributed by atoms with Gasteiger partial charge in [-0.3, -0.25) is 4.79 Å². The van der Waals surface area contributed by atoms with Crippen molar-refractivity contribution in [2.45, 2.75) is 0 Å². The Hall–Kier alpha value is -3.62. The smallest absolute Gasteiger partial charge is 0.255 e. The summed E-state index contributed by atoms with van der Waals surface area (Å²) in [6.07, 6.45) is 4.83. The fourth-order valence-corrected chi connectivity index (χ4v) is 3.07. The molecule has 0 spiro atoms. The van der Waals surface area contributed by atoms with Gasteiger partial charge >= 0.3 is 0 Å². The number of carbonyl (C=O) groups is 1. The summed E-state index contributed by atoms with van der Waals surface area (Å²) in [5.74, 6) is -0.471. The summed E-state index contributed by atoms with van der Waals surface area (Å²) in [7, 11) is 0. The topological polar surface area (TPSA) is 74.2 Å². The molecule has 1 N–H and O–H groups in total. The number of piperazine rings is 1. The van der Waals surface area contributed by atoms with Crippen LogP contribution >= 0.6 is 0 Å². The van der Waals surface area contributed by atoms with E-state index in [4.69, 9.17) is 0 Å². The number of pyridine rings is 1. The van der Waals surface area contributed by atoms with Crippen molar-refractivity contribution in [2.75, 3.05) is 36.4 Å². The lowest BCUT2D eigenvalue weighted by molar-refractivity contribution is 0.0746. The molecule has 1 aliphatic heterocycles. The lowest BCUT2D eigenvalue weighted by Gasteiger charge is -2.34. The molecule has 29 heavy (non-hydrogen) atoms. The average molecular weight is 396 g/mol. The number of nitrogens with zero attached hydrogens (tertiary/aromatic N) is 5. The van der Waals surface area contributed by atoms with E-state index in [-0.39, 0.29) is 11.6 Å². The molecule has 148 valence electrons. The van der Waals surface area contributed by atoms with Crippen LogP contribution < -0.4 is 10.2 Å². The van der Waals surface area contributed by atoms with Crippen LogP contribution in [0.2, 0.25) is 0 Å². The first-order valence-electron chi connectivity index (χ1n) is 9.09. The van der Waals surface area contributed by atoms with Gasteiger partial charge in [-0.15, -0.1) is 0 Å². The van der Waals surface area contributed by atoms with Gasteiger partial charge in [0.1, 0.15) is 17.5 Å². The Morgan fingerprint density at radius 3 is 2.38 bits per heavy atom. The predicted octanol–water partition coefficient (Wildman–Crippen LogP) is 2.86. The first-order valence-corrected chi connectivity index (χ1v) is 9.09. The largest absolute Gasteiger partial charge is 0.338 e. The molecule has 1 amide bonds. The molecule has 0 saturated carbocycles. The molecule has 0 radical (unpaired) electrons. The molecule has 0 atom stereocenters. The van der Waals surface area contributed by atoms with Crippen LogP contribution in [0.4, 0.5) is 26.2 Å². The lowest BCUT2D eigenvalue weighted by atomic mass is 10.2. The molecule has 0 bridgehead atoms. The molecule has 0 unspecified atom stereocenters. The Labute approximate surface area is 166 Å². The van der Waals surface area contributed by atoms with E-state index in [1.165, 1.54) is 12.3 Å². The minimum atomic E-state index is -0.716. The van der Waals surface area contributed by atoms with Crippen molar-refractivity contribution >= 4 is 23.4 Å². The summed E-state index contributed by atoms with van der Waals surface area (Å²) in [4.78, 5) is 29.1. The molecule has 3 aromatic rings. The number of hydrogen-bond donors (Lipinski definition) is 1. The van der Waals surface area contributed by atoms with E-state index >= 15 is 0 Å². The first kappa shape index (κ1) is 18.7. The summed E-state index contributed by atoms with van der Waals surface area (Å²) in [6.45, 7) is 2.40. The third-order valence-electron chi connectivity index (χ3n) is 4.61. The molecular formula is C20H18F2N6O. The quantitative estimate of drug-likeness (QED) is 0.731. The van der Waals surface area contributed by atoms with Gasteiger partial charge in [0.05, 0.1) is 11.3 Å². The van der Waals surface area contributed by atoms with Gasteiger partial charge in [-0.05, 0) is 30.3 Å². The Morgan fingerprint density at radius 2 is 1.72 bits per heavy atom. The number of nitrogens with one attached hydrogen (secondary N) is 1. The Bertz CT molecular complexity index is 992. The average Bonchev–Trinajstić information content (AvgIpc) is 2.76. The lowest BCUT2D eigenvalue weighted by Crippen LogP contribution is -2.49. The number of carbonyl (C=O) groups excluding carboxylic acids is 1. The molecular weight excluding hydrogens is 378 g/mol. The number of benzene rings is 1. The molecule has 0 aliphatic carbocycles. The van der Waals surface area contributed by atoms with Crippen LogP contribution in [-0.4, -0.2) is 51.9 Å². The molecule has 3 heterocycles. The summed E-state index contributed by atoms with van der Waals surface area (Å²) in [6, 6.07) is 8.22. The van der Waals surface area contributed by atoms with Crippen LogP contribution in [0.5, 0.6) is 0 Å². The zero-order chi connectivity index (χ0) is 20.2. The van der Waals surface area contributed by atoms with E-state index in [9.17, 15) is 13.6 Å². The van der Waals surface area contributed by atoms with E-state index in [1.807, 2.05) is 4.90 Å². The van der Waals surface area contributed by atoms with Crippen LogP contribution in [0.1, 0.15) is 10.4 Å². The van der Waals surface area contributed by atoms with E-state index in [1.54, 1.807) is 35.5 Å². The molecule has 1 aliphatic rings. The van der Waals surface area contributed by atoms with Crippen molar-refractivity contribution < 1.29 is 13.6 Å². The minimum absolute atomic E-state index is 0.109. The number of anilines is 3. The number of rotatable bonds is 4. The Kier molecular flexibility index (Phi) is 5.28. The van der Waals surface area contributed by atoms with Crippen LogP contribution in [0.25, 0.3) is 0 Å². The van der Waals surface area contributed by atoms with Crippen LogP contribution in [0.3, 0.4) is 0 Å². The molecule has 7 nitrogen and oxygen atoms in total. The summed E-state index contributed by atoms with van der Waals surface area (Å²) < 4.78 is 26.7. The van der Waals surface area contributed by atoms with Gasteiger partial charge in [0, 0.05) is 50.8 Å². The standard InChI is InChI=1S/C20H18F2N6O/c21-15-3-4-17(16(22)12-15)26-18-5-2-14(13-25-18)19(29)27-8-10-28(11-9-27)20-23-6-1-7-24-20/h1-7,12-13H,8-11H2,(H,25,26). The second kappa shape index (κ2) is 8.17. The maximum absolute atomic E-state index is 13.7. The number of halogens is 2. The highest BCUT2D eigenvalue weighted by Gasteiger charge is 2.23. The van der Waals surface area contributed by atoms with Gasteiger partial charge in [0.2, 0.25) is 5.95 Å². The first-order chi connectivity index (χ1) is 14.1. The summed E-state index contributed by atoms with van der Waals surface area (Å²) >= 11 is 0. The summed E-state index contributed by atoms with van der Waals surface area (Å²) in [5, 5.41) is 2.77. The van der Waals surface area contributed by atoms with Crippen LogP contribution in [0, 0.1) is 11.6 Å². The zero-order valence-corrected chi connectivity index (χ0v) is 15.4. The second-order valence-corrected chi connectivity index (χ2v) is 6.51. The highest BCUT2D eigenvalue weighted by Crippen LogP contribution is 2.20. The fourth-order valence-electron chi connectivity index (χ4n) is 3.07. The van der Waals surface area contributed by atoms with Crippen LogP contribution in [0.15, 0.2) is 55.0 Å². The molecule has 1 aromatic carbocycles. The van der Waals surface area contributed by atoms with Gasteiger partial charge in [0.15, 0.2) is 0 Å². The molecule has 9 heteroatoms. The minimum Gasteiger partial charge on any atom is -0.338 e. The van der Waals surface area contributed by atoms with Crippen molar-refractivity contribution in [2.24, 2.45) is 0 Å². The SMILES string of the molecule is O=C(c1ccc(Nc2ccc(F)cc2F)nc1)N1CCN(c2ncccn2)CC1. The Morgan fingerprint density at radius 1 is 0.966 bits per heavy atom. The number of hydrogen-bond acceptors (Lipinski definition) is 6. The monoisotopic (exact) mass is 396 g/mol. The van der Waals surface area contributed by atoms with Crippen LogP contribution in [-0.2, 0) is 0 Å². The zero-order valence-electron chi connectivity index (χ0n) is 15.4. The highest BCUT2D eigenvalue weighted by molar-refractivity contribution is 5.94. The molecule has 1 saturated heterocycles. The van der Waals surface area contributed by atoms with E-state index in [2.05, 4.69) is 20.3 Å². The molecule has 1 fully saturated rings. The van der Waals surface area contributed by atoms with Crippen molar-refractivity contribution in [1.29, 1.82) is 0 Å². The van der Waals surface area contributed by atoms with E-state index in [0.717, 1.165) is 12.1 Å². The van der Waals surface area contributed by atoms with Gasteiger partial charge in [0.25, 0.3) is 5.91 Å². The maximum Gasteiger partial charge on any atom is 0.255 e. The van der Waals surface area contributed by atoms with Crippen molar-refractivity contribution in [1.82, 2.24) is 19.9 Å². The van der Waals surface area contributed by atoms with Crippen molar-refractivity contribution in [3.05, 3.63) is 72.2 Å². The third kappa shape index (κ3) is 4.29. The predicted molar refractivity (Wildman–Crippen MR) is 104 cm³/mol. The van der Waals surface area contributed by atoms with Gasteiger partial charge < -0.3 is 15.1 Å². The number of aromatic nitrogens is 3. The normalized spacial score (nSPS) is 14.0. The summed E-state index contributed by atoms with van der Waals surface area (Å²) in [5.41, 5.74) is 0.553. The third-order valence-corrected chi connectivity index (χ3v) is 4.61. The van der Waals surface area contributed by atoms with E-state index < -0.39 is 11.6 Å². The van der Waals surface area contributed by atoms with Gasteiger partial charge in [-0.2, -0.15) is 0 Å². The second-order valence-electron chi connectivity index (χ2n) is 6.51. The van der Waals surface area contributed by atoms with Gasteiger partial charge in [-0.1, -0.05) is 0 Å². The van der Waals surface area contributed by atoms with Crippen molar-refractivity contribution in [3.63, 3.8) is 0 Å².